The van der Waals surface area contributed by atoms with Crippen LogP contribution in [0, 0.1) is 0 Å². The van der Waals surface area contributed by atoms with Gasteiger partial charge >= 0.3 is 0 Å². The lowest BCUT2D eigenvalue weighted by Gasteiger charge is -2.38. The normalized spacial score (nSPS) is 12.2. The molecule has 14 aromatic rings. The molecule has 0 unspecified atom stereocenters. The zero-order valence-electron chi connectivity index (χ0n) is 36.7. The van der Waals surface area contributed by atoms with E-state index in [-0.39, 0.29) is 0 Å². The fraction of sp³-hybridized carbons (Fsp3) is 0. The fourth-order valence-corrected chi connectivity index (χ4v) is 17.6. The van der Waals surface area contributed by atoms with Crippen LogP contribution in [0.4, 0.5) is 0 Å². The molecule has 0 saturated carbocycles. The van der Waals surface area contributed by atoms with Gasteiger partial charge in [0.25, 0.3) is 0 Å². The minimum absolute atomic E-state index is 1.25. The number of fused-ring (bicyclic) bond motifs is 5. The Morgan fingerprint density at radius 3 is 1.13 bits per heavy atom. The van der Waals surface area contributed by atoms with Crippen molar-refractivity contribution in [1.29, 1.82) is 0 Å². The van der Waals surface area contributed by atoms with Crippen molar-refractivity contribution in [2.75, 3.05) is 0 Å². The van der Waals surface area contributed by atoms with E-state index >= 15 is 0 Å². The lowest BCUT2D eigenvalue weighted by atomic mass is 9.82. The van der Waals surface area contributed by atoms with Gasteiger partial charge in [-0.15, -0.1) is 0 Å². The van der Waals surface area contributed by atoms with Crippen LogP contribution in [0.15, 0.2) is 255 Å². The molecule has 1 heteroatoms. The third kappa shape index (κ3) is 5.41. The third-order valence-electron chi connectivity index (χ3n) is 14.9. The highest BCUT2D eigenvalue weighted by Crippen LogP contribution is 2.49. The van der Waals surface area contributed by atoms with Crippen LogP contribution in [-0.2, 0) is 0 Å². The highest BCUT2D eigenvalue weighted by molar-refractivity contribution is 7.22. The van der Waals surface area contributed by atoms with Crippen LogP contribution in [0.3, 0.4) is 0 Å². The molecule has 0 aliphatic rings. The van der Waals surface area contributed by atoms with Crippen LogP contribution in [0.5, 0.6) is 0 Å². The van der Waals surface area contributed by atoms with E-state index in [1.54, 1.807) is 0 Å². The maximum absolute atomic E-state index is 3.23. The maximum Gasteiger partial charge on any atom is 0.181 e. The molecule has 0 radical (unpaired) electrons. The predicted octanol–water partition coefficient (Wildman–Crippen LogP) is 15.1. The Hall–Kier alpha value is -8.36. The molecule has 0 saturated heterocycles. The van der Waals surface area contributed by atoms with Crippen LogP contribution in [-0.4, -0.2) is 8.07 Å². The lowest BCUT2D eigenvalue weighted by Crippen LogP contribution is -2.75. The summed E-state index contributed by atoms with van der Waals surface area (Å²) >= 11 is 0. The molecule has 0 aliphatic carbocycles. The minimum atomic E-state index is -3.23. The largest absolute Gasteiger partial charge is 0.181 e. The van der Waals surface area contributed by atoms with Gasteiger partial charge in [0.15, 0.2) is 8.07 Å². The molecule has 0 aliphatic heterocycles. The van der Waals surface area contributed by atoms with E-state index in [4.69, 9.17) is 0 Å². The number of hydrogen-bond acceptors (Lipinski definition) is 0. The van der Waals surface area contributed by atoms with Crippen molar-refractivity contribution in [1.82, 2.24) is 0 Å². The maximum atomic E-state index is 2.50. The predicted molar refractivity (Wildman–Crippen MR) is 292 cm³/mol. The van der Waals surface area contributed by atoms with Gasteiger partial charge in [-0.1, -0.05) is 255 Å². The van der Waals surface area contributed by atoms with Gasteiger partial charge in [-0.25, -0.2) is 0 Å². The molecule has 310 valence electrons. The average molecular weight is 863 g/mol. The standard InChI is InChI=1S/C66H42Si/c1-3-23-47(24-4-1)67(48-25-5-2-6-26-48,60-42-40-46-38-37-44-21-17-22-45-39-41-59(60)62(46)61(44)45)66-57-34-15-13-32-55(57)65(56-33-14-16-35-58(56)66)64-53-30-11-9-28-51(53)63(52-29-10-12-31-54(52)64)50-36-18-20-43-19-7-8-27-49(43)50/h1-42H. The topological polar surface area (TPSA) is 0 Å². The van der Waals surface area contributed by atoms with Gasteiger partial charge in [-0.05, 0) is 129 Å². The molecular weight excluding hydrogens is 821 g/mol. The summed E-state index contributed by atoms with van der Waals surface area (Å²) in [7, 11) is -3.23. The molecular formula is C66H42Si. The Morgan fingerprint density at radius 1 is 0.209 bits per heavy atom. The van der Waals surface area contributed by atoms with Gasteiger partial charge in [0.1, 0.15) is 0 Å². The Kier molecular flexibility index (Phi) is 8.40. The first-order chi connectivity index (χ1) is 33.3. The molecule has 0 bridgehead atoms. The van der Waals surface area contributed by atoms with E-state index in [2.05, 4.69) is 255 Å². The van der Waals surface area contributed by atoms with Gasteiger partial charge in [-0.3, -0.25) is 0 Å². The van der Waals surface area contributed by atoms with Crippen LogP contribution < -0.4 is 20.7 Å². The van der Waals surface area contributed by atoms with E-state index in [0.29, 0.717) is 0 Å². The molecule has 0 fully saturated rings. The van der Waals surface area contributed by atoms with Crippen LogP contribution in [0.1, 0.15) is 0 Å². The summed E-state index contributed by atoms with van der Waals surface area (Å²) in [5.74, 6) is 0. The van der Waals surface area contributed by atoms with Crippen molar-refractivity contribution in [3.8, 4) is 22.3 Å². The van der Waals surface area contributed by atoms with Crippen LogP contribution >= 0.6 is 0 Å². The first-order valence-electron chi connectivity index (χ1n) is 23.4. The van der Waals surface area contributed by atoms with Gasteiger partial charge in [-0.2, -0.15) is 0 Å². The van der Waals surface area contributed by atoms with Gasteiger partial charge < -0.3 is 0 Å². The third-order valence-corrected chi connectivity index (χ3v) is 19.8. The molecule has 0 atom stereocenters. The van der Waals surface area contributed by atoms with Gasteiger partial charge in [0, 0.05) is 0 Å². The second-order valence-corrected chi connectivity index (χ2v) is 21.9. The Morgan fingerprint density at radius 2 is 0.582 bits per heavy atom. The number of benzene rings is 14. The van der Waals surface area contributed by atoms with E-state index in [1.807, 2.05) is 0 Å². The van der Waals surface area contributed by atoms with Gasteiger partial charge in [0.2, 0.25) is 0 Å². The lowest BCUT2D eigenvalue weighted by molar-refractivity contribution is 1.69. The van der Waals surface area contributed by atoms with Gasteiger partial charge in [0.05, 0.1) is 0 Å². The molecule has 0 amide bonds. The highest BCUT2D eigenvalue weighted by Gasteiger charge is 2.45. The molecule has 14 rings (SSSR count). The second-order valence-electron chi connectivity index (χ2n) is 18.2. The average Bonchev–Trinajstić information content (AvgIpc) is 3.40. The molecule has 0 N–H and O–H groups in total. The first-order valence-corrected chi connectivity index (χ1v) is 25.4. The fourth-order valence-electron chi connectivity index (χ4n) is 12.3. The molecule has 0 aromatic heterocycles. The van der Waals surface area contributed by atoms with E-state index in [0.717, 1.165) is 0 Å². The number of rotatable bonds is 6. The molecule has 67 heavy (non-hydrogen) atoms. The molecule has 0 spiro atoms. The van der Waals surface area contributed by atoms with E-state index in [1.165, 1.54) is 129 Å². The zero-order chi connectivity index (χ0) is 44.1. The van der Waals surface area contributed by atoms with Crippen molar-refractivity contribution < 1.29 is 0 Å². The van der Waals surface area contributed by atoms with Crippen LogP contribution in [0.2, 0.25) is 0 Å². The van der Waals surface area contributed by atoms with Crippen molar-refractivity contribution in [2.45, 2.75) is 0 Å². The molecule has 0 nitrogen and oxygen atoms in total. The van der Waals surface area contributed by atoms with E-state index in [9.17, 15) is 0 Å². The summed E-state index contributed by atoms with van der Waals surface area (Å²) in [6.45, 7) is 0. The van der Waals surface area contributed by atoms with E-state index < -0.39 is 8.07 Å². The summed E-state index contributed by atoms with van der Waals surface area (Å²) in [6, 6.07) is 96.7. The summed E-state index contributed by atoms with van der Waals surface area (Å²) in [6.07, 6.45) is 0. The van der Waals surface area contributed by atoms with Crippen LogP contribution in [0.25, 0.3) is 108 Å². The van der Waals surface area contributed by atoms with Crippen molar-refractivity contribution in [3.05, 3.63) is 255 Å². The SMILES string of the molecule is c1ccc([Si](c2ccccc2)(c2c3ccccc3c(-c3c4ccccc4c(-c4cccc5ccccc45)c4ccccc34)c3ccccc23)c2ccc3ccc4cccc5ccc2c3c45)cc1. The summed E-state index contributed by atoms with van der Waals surface area (Å²) < 4.78 is 0. The van der Waals surface area contributed by atoms with Crippen molar-refractivity contribution >= 4 is 115 Å². The minimum Gasteiger partial charge on any atom is -0.0623 e. The van der Waals surface area contributed by atoms with Crippen molar-refractivity contribution in [3.63, 3.8) is 0 Å². The van der Waals surface area contributed by atoms with Crippen molar-refractivity contribution in [2.24, 2.45) is 0 Å². The number of hydrogen-bond donors (Lipinski definition) is 0. The summed E-state index contributed by atoms with van der Waals surface area (Å²) in [5.41, 5.74) is 5.11. The second kappa shape index (κ2) is 14.8. The smallest absolute Gasteiger partial charge is 0.0623 e. The Balaban J connectivity index is 1.18. The zero-order valence-corrected chi connectivity index (χ0v) is 37.7. The molecule has 14 aromatic carbocycles. The first kappa shape index (κ1) is 38.0. The summed E-state index contributed by atoms with van der Waals surface area (Å²) in [5, 5.41) is 26.1. The Labute approximate surface area is 390 Å². The Bertz CT molecular complexity index is 4090. The quantitative estimate of drug-likeness (QED) is 0.0676. The molecule has 0 heterocycles. The monoisotopic (exact) mass is 862 g/mol. The summed E-state index contributed by atoms with van der Waals surface area (Å²) in [4.78, 5) is 0. The highest BCUT2D eigenvalue weighted by atomic mass is 28.3.